The van der Waals surface area contributed by atoms with Gasteiger partial charge in [0.1, 0.15) is 0 Å². The lowest BCUT2D eigenvalue weighted by atomic mass is 10.1. The number of amides is 1. The quantitative estimate of drug-likeness (QED) is 0.654. The second kappa shape index (κ2) is 5.40. The smallest absolute Gasteiger partial charge is 0.229 e. The Balaban J connectivity index is 2.12. The highest BCUT2D eigenvalue weighted by molar-refractivity contribution is 5.96. The average Bonchev–Trinajstić information content (AvgIpc) is 2.64. The number of carbonyl (C=O) groups excluding carboxylic acids is 1. The highest BCUT2D eigenvalue weighted by atomic mass is 16.5. The van der Waals surface area contributed by atoms with Crippen LogP contribution in [0.3, 0.4) is 0 Å². The Morgan fingerprint density at radius 2 is 2.33 bits per heavy atom. The van der Waals surface area contributed by atoms with E-state index in [0.717, 1.165) is 23.4 Å². The minimum absolute atomic E-state index is 0.125. The largest absolute Gasteiger partial charge is 0.399 e. The van der Waals surface area contributed by atoms with Crippen LogP contribution in [0.4, 0.5) is 11.4 Å². The first-order chi connectivity index (χ1) is 8.63. The summed E-state index contributed by atoms with van der Waals surface area (Å²) in [6.45, 7) is 5.13. The zero-order valence-electron chi connectivity index (χ0n) is 11.0. The number of fused-ring (bicyclic) bond motifs is 1. The average molecular weight is 248 g/mol. The zero-order chi connectivity index (χ0) is 13.1. The number of hydrogen-bond donors (Lipinski definition) is 1. The van der Waals surface area contributed by atoms with Gasteiger partial charge in [0.2, 0.25) is 5.91 Å². The van der Waals surface area contributed by atoms with E-state index >= 15 is 0 Å². The van der Waals surface area contributed by atoms with Gasteiger partial charge < -0.3 is 15.4 Å². The summed E-state index contributed by atoms with van der Waals surface area (Å²) < 4.78 is 5.24. The number of anilines is 2. The van der Waals surface area contributed by atoms with E-state index in [1.54, 1.807) is 0 Å². The van der Waals surface area contributed by atoms with E-state index in [0.29, 0.717) is 19.6 Å². The maximum absolute atomic E-state index is 12.2. The molecule has 4 heteroatoms. The van der Waals surface area contributed by atoms with E-state index in [1.807, 2.05) is 30.0 Å². The van der Waals surface area contributed by atoms with Gasteiger partial charge in [-0.2, -0.15) is 0 Å². The summed E-state index contributed by atoms with van der Waals surface area (Å²) in [6.07, 6.45) is 1.31. The molecule has 0 aliphatic carbocycles. The van der Waals surface area contributed by atoms with Crippen LogP contribution in [0, 0.1) is 0 Å². The minimum atomic E-state index is 0.125. The summed E-state index contributed by atoms with van der Waals surface area (Å²) >= 11 is 0. The van der Waals surface area contributed by atoms with Crippen LogP contribution in [0.1, 0.15) is 25.8 Å². The Morgan fingerprint density at radius 3 is 3.06 bits per heavy atom. The van der Waals surface area contributed by atoms with Crippen molar-refractivity contribution in [1.29, 1.82) is 0 Å². The molecule has 1 atom stereocenters. The van der Waals surface area contributed by atoms with Gasteiger partial charge in [0.05, 0.1) is 13.0 Å². The van der Waals surface area contributed by atoms with E-state index < -0.39 is 0 Å². The number of carbonyl (C=O) groups is 1. The molecule has 0 spiro atoms. The van der Waals surface area contributed by atoms with Crippen molar-refractivity contribution in [3.8, 4) is 0 Å². The molecule has 1 aromatic rings. The van der Waals surface area contributed by atoms with Crippen molar-refractivity contribution in [3.63, 3.8) is 0 Å². The number of hydrogen-bond acceptors (Lipinski definition) is 3. The third-order valence-corrected chi connectivity index (χ3v) is 3.25. The van der Waals surface area contributed by atoms with Crippen LogP contribution < -0.4 is 10.6 Å². The molecule has 1 aliphatic heterocycles. The first-order valence-corrected chi connectivity index (χ1v) is 6.41. The van der Waals surface area contributed by atoms with Crippen LogP contribution in [0.2, 0.25) is 0 Å². The molecule has 0 saturated carbocycles. The summed E-state index contributed by atoms with van der Waals surface area (Å²) in [4.78, 5) is 14.1. The fourth-order valence-corrected chi connectivity index (χ4v) is 2.46. The normalized spacial score (nSPS) is 17.9. The van der Waals surface area contributed by atoms with Gasteiger partial charge in [0, 0.05) is 24.0 Å². The maximum atomic E-state index is 12.2. The van der Waals surface area contributed by atoms with E-state index in [9.17, 15) is 4.79 Å². The molecule has 0 bridgehead atoms. The van der Waals surface area contributed by atoms with Crippen molar-refractivity contribution in [3.05, 3.63) is 23.8 Å². The van der Waals surface area contributed by atoms with Gasteiger partial charge in [-0.05, 0) is 44.0 Å². The number of nitrogens with two attached hydrogens (primary N) is 1. The molecule has 2 rings (SSSR count). The lowest BCUT2D eigenvalue weighted by Gasteiger charge is -2.22. The number of benzene rings is 1. The lowest BCUT2D eigenvalue weighted by Crippen LogP contribution is -2.36. The van der Waals surface area contributed by atoms with Gasteiger partial charge in [-0.25, -0.2) is 0 Å². The second-order valence-electron chi connectivity index (χ2n) is 4.65. The molecule has 0 saturated heterocycles. The van der Waals surface area contributed by atoms with Crippen molar-refractivity contribution in [1.82, 2.24) is 0 Å². The number of nitrogen functional groups attached to an aromatic ring is 1. The third kappa shape index (κ3) is 2.48. The maximum Gasteiger partial charge on any atom is 0.229 e. The van der Waals surface area contributed by atoms with Crippen LogP contribution in [0.25, 0.3) is 0 Å². The highest BCUT2D eigenvalue weighted by Gasteiger charge is 2.30. The summed E-state index contributed by atoms with van der Waals surface area (Å²) in [5.74, 6) is 0.125. The molecule has 18 heavy (non-hydrogen) atoms. The first-order valence-electron chi connectivity index (χ1n) is 6.41. The predicted octanol–water partition coefficient (Wildman–Crippen LogP) is 1.97. The molecular weight excluding hydrogens is 228 g/mol. The Bertz CT molecular complexity index is 445. The minimum Gasteiger partial charge on any atom is -0.399 e. The van der Waals surface area contributed by atoms with Crippen LogP contribution in [-0.2, 0) is 16.0 Å². The Labute approximate surface area is 108 Å². The standard InChI is InChI=1S/C14H20N2O2/c1-3-18-7-6-14(17)16-10(2)8-11-9-12(15)4-5-13(11)16/h4-5,9-10H,3,6-8,15H2,1-2H3. The molecule has 0 aromatic heterocycles. The van der Waals surface area contributed by atoms with E-state index in [-0.39, 0.29) is 11.9 Å². The Morgan fingerprint density at radius 1 is 1.56 bits per heavy atom. The molecule has 1 aliphatic rings. The van der Waals surface area contributed by atoms with Gasteiger partial charge in [0.15, 0.2) is 0 Å². The van der Waals surface area contributed by atoms with Crippen molar-refractivity contribution < 1.29 is 9.53 Å². The van der Waals surface area contributed by atoms with Crippen LogP contribution >= 0.6 is 0 Å². The van der Waals surface area contributed by atoms with Crippen molar-refractivity contribution in [2.75, 3.05) is 23.8 Å². The molecule has 0 fully saturated rings. The number of rotatable bonds is 4. The van der Waals surface area contributed by atoms with Gasteiger partial charge in [-0.15, -0.1) is 0 Å². The zero-order valence-corrected chi connectivity index (χ0v) is 11.0. The van der Waals surface area contributed by atoms with E-state index in [4.69, 9.17) is 10.5 Å². The van der Waals surface area contributed by atoms with Crippen molar-refractivity contribution in [2.24, 2.45) is 0 Å². The molecule has 98 valence electrons. The van der Waals surface area contributed by atoms with Crippen molar-refractivity contribution in [2.45, 2.75) is 32.7 Å². The Hall–Kier alpha value is -1.55. The van der Waals surface area contributed by atoms with E-state index in [1.165, 1.54) is 0 Å². The SMILES string of the molecule is CCOCCC(=O)N1c2ccc(N)cc2CC1C. The summed E-state index contributed by atoms with van der Waals surface area (Å²) in [7, 11) is 0. The van der Waals surface area contributed by atoms with Crippen LogP contribution in [0.15, 0.2) is 18.2 Å². The molecule has 1 amide bonds. The summed E-state index contributed by atoms with van der Waals surface area (Å²) in [5.41, 5.74) is 8.68. The molecule has 1 aromatic carbocycles. The molecule has 4 nitrogen and oxygen atoms in total. The Kier molecular flexibility index (Phi) is 3.87. The molecular formula is C14H20N2O2. The topological polar surface area (TPSA) is 55.6 Å². The van der Waals surface area contributed by atoms with Crippen LogP contribution in [0.5, 0.6) is 0 Å². The lowest BCUT2D eigenvalue weighted by molar-refractivity contribution is -0.119. The molecule has 1 unspecified atom stereocenters. The molecule has 0 radical (unpaired) electrons. The second-order valence-corrected chi connectivity index (χ2v) is 4.65. The predicted molar refractivity (Wildman–Crippen MR) is 72.6 cm³/mol. The van der Waals surface area contributed by atoms with Crippen molar-refractivity contribution >= 4 is 17.3 Å². The van der Waals surface area contributed by atoms with Gasteiger partial charge in [0.25, 0.3) is 0 Å². The molecule has 2 N–H and O–H groups in total. The number of nitrogens with zero attached hydrogens (tertiary/aromatic N) is 1. The monoisotopic (exact) mass is 248 g/mol. The van der Waals surface area contributed by atoms with Gasteiger partial charge in [-0.1, -0.05) is 0 Å². The number of ether oxygens (including phenoxy) is 1. The fraction of sp³-hybridized carbons (Fsp3) is 0.500. The summed E-state index contributed by atoms with van der Waals surface area (Å²) in [6, 6.07) is 5.95. The molecule has 1 heterocycles. The third-order valence-electron chi connectivity index (χ3n) is 3.25. The highest BCUT2D eigenvalue weighted by Crippen LogP contribution is 2.33. The van der Waals surface area contributed by atoms with Gasteiger partial charge in [-0.3, -0.25) is 4.79 Å². The van der Waals surface area contributed by atoms with Crippen LogP contribution in [-0.4, -0.2) is 25.2 Å². The first kappa shape index (κ1) is 12.9. The van der Waals surface area contributed by atoms with Gasteiger partial charge >= 0.3 is 0 Å². The fourth-order valence-electron chi connectivity index (χ4n) is 2.46. The summed E-state index contributed by atoms with van der Waals surface area (Å²) in [5, 5.41) is 0. The van der Waals surface area contributed by atoms with E-state index in [2.05, 4.69) is 6.92 Å².